The van der Waals surface area contributed by atoms with Crippen LogP contribution >= 0.6 is 23.1 Å². The van der Waals surface area contributed by atoms with Crippen molar-refractivity contribution in [3.63, 3.8) is 0 Å². The van der Waals surface area contributed by atoms with Crippen molar-refractivity contribution in [3.8, 4) is 10.7 Å². The van der Waals surface area contributed by atoms with Gasteiger partial charge in [-0.3, -0.25) is 9.89 Å². The van der Waals surface area contributed by atoms with Crippen LogP contribution in [-0.2, 0) is 4.79 Å². The van der Waals surface area contributed by atoms with Crippen LogP contribution in [0.5, 0.6) is 0 Å². The first-order valence-corrected chi connectivity index (χ1v) is 7.97. The summed E-state index contributed by atoms with van der Waals surface area (Å²) in [4.78, 5) is 17.1. The number of amides is 1. The molecule has 1 unspecified atom stereocenters. The SMILES string of the molecule is NC(=O)C(Sc1n[nH]c(-c2cccs2)n1)c1ccccc1. The molecule has 0 saturated carbocycles. The molecule has 0 fully saturated rings. The molecule has 0 aliphatic heterocycles. The molecule has 2 aromatic heterocycles. The summed E-state index contributed by atoms with van der Waals surface area (Å²) in [5, 5.41) is 9.00. The number of aromatic amines is 1. The summed E-state index contributed by atoms with van der Waals surface area (Å²) < 4.78 is 0. The van der Waals surface area contributed by atoms with Gasteiger partial charge in [0.25, 0.3) is 0 Å². The maximum absolute atomic E-state index is 11.7. The highest BCUT2D eigenvalue weighted by molar-refractivity contribution is 8.00. The maximum Gasteiger partial charge on any atom is 0.235 e. The van der Waals surface area contributed by atoms with Gasteiger partial charge in [-0.15, -0.1) is 16.4 Å². The second kappa shape index (κ2) is 6.11. The lowest BCUT2D eigenvalue weighted by Crippen LogP contribution is -2.19. The molecule has 3 aromatic rings. The molecule has 0 aliphatic carbocycles. The third-order valence-corrected chi connectivity index (χ3v) is 4.81. The van der Waals surface area contributed by atoms with Crippen LogP contribution in [0.15, 0.2) is 53.0 Å². The van der Waals surface area contributed by atoms with E-state index in [4.69, 9.17) is 5.73 Å². The Bertz CT molecular complexity index is 725. The van der Waals surface area contributed by atoms with E-state index in [9.17, 15) is 4.79 Å². The Balaban J connectivity index is 1.82. The Kier molecular flexibility index (Phi) is 4.03. The fraction of sp³-hybridized carbons (Fsp3) is 0.0714. The third-order valence-electron chi connectivity index (χ3n) is 2.80. The lowest BCUT2D eigenvalue weighted by atomic mass is 10.1. The number of H-pyrrole nitrogens is 1. The molecule has 7 heteroatoms. The van der Waals surface area contributed by atoms with Crippen LogP contribution in [-0.4, -0.2) is 21.1 Å². The summed E-state index contributed by atoms with van der Waals surface area (Å²) in [5.41, 5.74) is 6.34. The first-order chi connectivity index (χ1) is 10.2. The summed E-state index contributed by atoms with van der Waals surface area (Å²) in [6, 6.07) is 13.3. The number of hydrogen-bond acceptors (Lipinski definition) is 5. The molecule has 1 amide bonds. The van der Waals surface area contributed by atoms with E-state index < -0.39 is 11.2 Å². The number of nitrogens with one attached hydrogen (secondary N) is 1. The molecule has 1 atom stereocenters. The zero-order chi connectivity index (χ0) is 14.7. The summed E-state index contributed by atoms with van der Waals surface area (Å²) >= 11 is 2.82. The van der Waals surface area contributed by atoms with E-state index in [1.807, 2.05) is 47.8 Å². The molecule has 0 saturated heterocycles. The summed E-state index contributed by atoms with van der Waals surface area (Å²) in [6.45, 7) is 0. The number of benzene rings is 1. The Morgan fingerprint density at radius 2 is 2.05 bits per heavy atom. The van der Waals surface area contributed by atoms with E-state index in [0.717, 1.165) is 10.4 Å². The number of nitrogens with zero attached hydrogens (tertiary/aromatic N) is 2. The minimum atomic E-state index is -0.502. The normalized spacial score (nSPS) is 12.2. The highest BCUT2D eigenvalue weighted by Crippen LogP contribution is 2.34. The molecule has 0 aliphatic rings. The Labute approximate surface area is 129 Å². The van der Waals surface area contributed by atoms with Gasteiger partial charge in [-0.05, 0) is 17.0 Å². The van der Waals surface area contributed by atoms with Crippen molar-refractivity contribution in [3.05, 3.63) is 53.4 Å². The van der Waals surface area contributed by atoms with Gasteiger partial charge in [-0.2, -0.15) is 0 Å². The molecular weight excluding hydrogens is 304 g/mol. The minimum Gasteiger partial charge on any atom is -0.368 e. The standard InChI is InChI=1S/C14H12N4OS2/c15-12(19)11(9-5-2-1-3-6-9)21-14-16-13(17-18-14)10-7-4-8-20-10/h1-8,11H,(H2,15,19)(H,16,17,18). The van der Waals surface area contributed by atoms with Gasteiger partial charge in [0.05, 0.1) is 4.88 Å². The monoisotopic (exact) mass is 316 g/mol. The lowest BCUT2D eigenvalue weighted by molar-refractivity contribution is -0.117. The van der Waals surface area contributed by atoms with E-state index in [1.165, 1.54) is 11.8 Å². The molecule has 0 bridgehead atoms. The van der Waals surface area contributed by atoms with Crippen molar-refractivity contribution in [1.29, 1.82) is 0 Å². The predicted octanol–water partition coefficient (Wildman–Crippen LogP) is 2.85. The first kappa shape index (κ1) is 13.8. The summed E-state index contributed by atoms with van der Waals surface area (Å²) in [6.07, 6.45) is 0. The highest BCUT2D eigenvalue weighted by atomic mass is 32.2. The zero-order valence-corrected chi connectivity index (χ0v) is 12.5. The van der Waals surface area contributed by atoms with E-state index in [1.54, 1.807) is 11.3 Å². The number of carbonyl (C=O) groups is 1. The van der Waals surface area contributed by atoms with Crippen LogP contribution in [0.4, 0.5) is 0 Å². The van der Waals surface area contributed by atoms with Crippen molar-refractivity contribution in [2.24, 2.45) is 5.73 Å². The maximum atomic E-state index is 11.7. The molecule has 2 heterocycles. The van der Waals surface area contributed by atoms with Crippen LogP contribution in [0.1, 0.15) is 10.8 Å². The van der Waals surface area contributed by atoms with E-state index in [2.05, 4.69) is 15.2 Å². The molecule has 1 aromatic carbocycles. The van der Waals surface area contributed by atoms with Gasteiger partial charge in [-0.1, -0.05) is 48.2 Å². The zero-order valence-electron chi connectivity index (χ0n) is 10.9. The average Bonchev–Trinajstić information content (AvgIpc) is 3.16. The van der Waals surface area contributed by atoms with Gasteiger partial charge in [0.1, 0.15) is 5.25 Å². The topological polar surface area (TPSA) is 84.7 Å². The number of thioether (sulfide) groups is 1. The van der Waals surface area contributed by atoms with Gasteiger partial charge >= 0.3 is 0 Å². The largest absolute Gasteiger partial charge is 0.368 e. The van der Waals surface area contributed by atoms with Crippen molar-refractivity contribution >= 4 is 29.0 Å². The molecule has 0 spiro atoms. The summed E-state index contributed by atoms with van der Waals surface area (Å²) in [7, 11) is 0. The molecule has 5 nitrogen and oxygen atoms in total. The van der Waals surface area contributed by atoms with Gasteiger partial charge < -0.3 is 5.73 Å². The van der Waals surface area contributed by atoms with Crippen molar-refractivity contribution in [2.75, 3.05) is 0 Å². The Morgan fingerprint density at radius 3 is 2.71 bits per heavy atom. The number of carbonyl (C=O) groups excluding carboxylic acids is 1. The Morgan fingerprint density at radius 1 is 1.24 bits per heavy atom. The quantitative estimate of drug-likeness (QED) is 0.709. The van der Waals surface area contributed by atoms with Crippen LogP contribution < -0.4 is 5.73 Å². The fourth-order valence-corrected chi connectivity index (χ4v) is 3.37. The smallest absolute Gasteiger partial charge is 0.235 e. The second-order valence-corrected chi connectivity index (χ2v) is 6.27. The van der Waals surface area contributed by atoms with E-state index in [0.29, 0.717) is 11.0 Å². The molecule has 0 radical (unpaired) electrons. The van der Waals surface area contributed by atoms with E-state index >= 15 is 0 Å². The van der Waals surface area contributed by atoms with Crippen molar-refractivity contribution in [2.45, 2.75) is 10.4 Å². The number of thiophene rings is 1. The number of primary amides is 1. The van der Waals surface area contributed by atoms with E-state index in [-0.39, 0.29) is 0 Å². The number of hydrogen-bond donors (Lipinski definition) is 2. The summed E-state index contributed by atoms with van der Waals surface area (Å²) in [5.74, 6) is 0.289. The number of aromatic nitrogens is 3. The predicted molar refractivity (Wildman–Crippen MR) is 83.9 cm³/mol. The minimum absolute atomic E-state index is 0.409. The van der Waals surface area contributed by atoms with Gasteiger partial charge in [0.15, 0.2) is 5.82 Å². The van der Waals surface area contributed by atoms with Crippen molar-refractivity contribution < 1.29 is 4.79 Å². The number of rotatable bonds is 5. The van der Waals surface area contributed by atoms with Crippen LogP contribution in [0.25, 0.3) is 10.7 Å². The lowest BCUT2D eigenvalue weighted by Gasteiger charge is -2.10. The molecule has 106 valence electrons. The van der Waals surface area contributed by atoms with Gasteiger partial charge in [0, 0.05) is 0 Å². The highest BCUT2D eigenvalue weighted by Gasteiger charge is 2.21. The molecule has 3 N–H and O–H groups in total. The average molecular weight is 316 g/mol. The molecular formula is C14H12N4OS2. The molecule has 21 heavy (non-hydrogen) atoms. The van der Waals surface area contributed by atoms with Gasteiger partial charge in [0.2, 0.25) is 11.1 Å². The van der Waals surface area contributed by atoms with Crippen LogP contribution in [0, 0.1) is 0 Å². The first-order valence-electron chi connectivity index (χ1n) is 6.21. The van der Waals surface area contributed by atoms with Crippen molar-refractivity contribution in [1.82, 2.24) is 15.2 Å². The van der Waals surface area contributed by atoms with Crippen LogP contribution in [0.2, 0.25) is 0 Å². The number of nitrogens with two attached hydrogens (primary N) is 1. The Hall–Kier alpha value is -2.12. The second-order valence-electron chi connectivity index (χ2n) is 4.25. The third kappa shape index (κ3) is 3.14. The van der Waals surface area contributed by atoms with Gasteiger partial charge in [-0.25, -0.2) is 4.98 Å². The van der Waals surface area contributed by atoms with Crippen LogP contribution in [0.3, 0.4) is 0 Å². The fourth-order valence-electron chi connectivity index (χ4n) is 1.85. The molecule has 3 rings (SSSR count).